The van der Waals surface area contributed by atoms with E-state index in [0.717, 1.165) is 12.8 Å². The van der Waals surface area contributed by atoms with Crippen LogP contribution in [-0.4, -0.2) is 48.2 Å². The van der Waals surface area contributed by atoms with E-state index >= 15 is 0 Å². The van der Waals surface area contributed by atoms with Crippen molar-refractivity contribution in [3.05, 3.63) is 0 Å². The maximum atomic E-state index is 12.2. The molecule has 0 aromatic heterocycles. The Morgan fingerprint density at radius 2 is 2.41 bits per heavy atom. The Morgan fingerprint density at radius 1 is 1.71 bits per heavy atom. The van der Waals surface area contributed by atoms with Gasteiger partial charge in [-0.3, -0.25) is 4.79 Å². The van der Waals surface area contributed by atoms with Crippen LogP contribution in [0.3, 0.4) is 0 Å². The summed E-state index contributed by atoms with van der Waals surface area (Å²) in [5.74, 6) is -0.628. The van der Waals surface area contributed by atoms with E-state index in [0.29, 0.717) is 19.5 Å². The van der Waals surface area contributed by atoms with Gasteiger partial charge < -0.3 is 20.6 Å². The van der Waals surface area contributed by atoms with Crippen LogP contribution in [0.1, 0.15) is 26.2 Å². The van der Waals surface area contributed by atoms with Crippen LogP contribution in [0.25, 0.3) is 0 Å². The molecule has 6 nitrogen and oxygen atoms in total. The summed E-state index contributed by atoms with van der Waals surface area (Å²) in [6.07, 6.45) is 2.53. The minimum absolute atomic E-state index is 0.0166. The molecule has 0 aliphatic carbocycles. The number of carbonyl (C=O) groups is 1. The number of methoxy groups -OCH3 is 1. The molecule has 1 heterocycles. The van der Waals surface area contributed by atoms with E-state index in [-0.39, 0.29) is 17.8 Å². The molecule has 1 aliphatic heterocycles. The normalized spacial score (nSPS) is 23.5. The van der Waals surface area contributed by atoms with Crippen molar-refractivity contribution in [2.45, 2.75) is 32.3 Å². The molecule has 3 N–H and O–H groups in total. The van der Waals surface area contributed by atoms with Crippen molar-refractivity contribution in [2.24, 2.45) is 16.8 Å². The highest BCUT2D eigenvalue weighted by molar-refractivity contribution is 6.02. The lowest BCUT2D eigenvalue weighted by atomic mass is 10.0. The standard InChI is InChI=1S/C11H21N3O3/c1-3-9(10(12)13-16)11(15)14-6-4-5-8(7-14)17-2/h8-9,16H,3-7H2,1-2H3,(H2,12,13). The second-order valence-electron chi connectivity index (χ2n) is 4.27. The van der Waals surface area contributed by atoms with Gasteiger partial charge in [0.25, 0.3) is 0 Å². The fourth-order valence-electron chi connectivity index (χ4n) is 2.13. The monoisotopic (exact) mass is 243 g/mol. The molecule has 0 spiro atoms. The Kier molecular flexibility index (Phi) is 5.21. The molecule has 0 aromatic rings. The summed E-state index contributed by atoms with van der Waals surface area (Å²) in [6.45, 7) is 3.15. The Hall–Kier alpha value is -1.30. The zero-order valence-electron chi connectivity index (χ0n) is 10.4. The number of hydrogen-bond acceptors (Lipinski definition) is 4. The van der Waals surface area contributed by atoms with Gasteiger partial charge in [0.15, 0.2) is 5.84 Å². The molecule has 1 saturated heterocycles. The molecule has 0 radical (unpaired) electrons. The zero-order chi connectivity index (χ0) is 12.8. The fourth-order valence-corrected chi connectivity index (χ4v) is 2.13. The smallest absolute Gasteiger partial charge is 0.233 e. The summed E-state index contributed by atoms with van der Waals surface area (Å²) in [6, 6.07) is 0. The lowest BCUT2D eigenvalue weighted by molar-refractivity contribution is -0.137. The molecular formula is C11H21N3O3. The molecule has 98 valence electrons. The summed E-state index contributed by atoms with van der Waals surface area (Å²) in [5.41, 5.74) is 5.52. The topological polar surface area (TPSA) is 88.2 Å². The van der Waals surface area contributed by atoms with E-state index in [2.05, 4.69) is 5.16 Å². The van der Waals surface area contributed by atoms with E-state index in [1.54, 1.807) is 12.0 Å². The van der Waals surface area contributed by atoms with Crippen molar-refractivity contribution in [3.8, 4) is 0 Å². The van der Waals surface area contributed by atoms with Gasteiger partial charge in [-0.25, -0.2) is 0 Å². The second kappa shape index (κ2) is 6.44. The van der Waals surface area contributed by atoms with Crippen LogP contribution in [0.4, 0.5) is 0 Å². The van der Waals surface area contributed by atoms with E-state index in [1.807, 2.05) is 6.92 Å². The van der Waals surface area contributed by atoms with E-state index in [9.17, 15) is 4.79 Å². The number of nitrogens with two attached hydrogens (primary N) is 1. The third kappa shape index (κ3) is 3.33. The van der Waals surface area contributed by atoms with Gasteiger partial charge in [-0.2, -0.15) is 0 Å². The van der Waals surface area contributed by atoms with Crippen LogP contribution in [0.5, 0.6) is 0 Å². The Labute approximate surface area is 101 Å². The first kappa shape index (κ1) is 13.8. The Morgan fingerprint density at radius 3 is 2.94 bits per heavy atom. The molecule has 0 bridgehead atoms. The largest absolute Gasteiger partial charge is 0.409 e. The van der Waals surface area contributed by atoms with Gasteiger partial charge in [-0.15, -0.1) is 0 Å². The van der Waals surface area contributed by atoms with E-state index in [1.165, 1.54) is 0 Å². The molecule has 17 heavy (non-hydrogen) atoms. The van der Waals surface area contributed by atoms with Gasteiger partial charge in [0.05, 0.1) is 12.0 Å². The molecule has 1 rings (SSSR count). The minimum Gasteiger partial charge on any atom is -0.409 e. The zero-order valence-corrected chi connectivity index (χ0v) is 10.4. The lowest BCUT2D eigenvalue weighted by Gasteiger charge is -2.33. The van der Waals surface area contributed by atoms with Gasteiger partial charge in [-0.05, 0) is 19.3 Å². The second-order valence-corrected chi connectivity index (χ2v) is 4.27. The highest BCUT2D eigenvalue weighted by atomic mass is 16.5. The highest BCUT2D eigenvalue weighted by Crippen LogP contribution is 2.16. The van der Waals surface area contributed by atoms with Crippen molar-refractivity contribution in [1.29, 1.82) is 0 Å². The predicted octanol–water partition coefficient (Wildman–Crippen LogP) is 0.396. The molecule has 2 unspecified atom stereocenters. The van der Waals surface area contributed by atoms with E-state index < -0.39 is 5.92 Å². The van der Waals surface area contributed by atoms with E-state index in [4.69, 9.17) is 15.7 Å². The van der Waals surface area contributed by atoms with Gasteiger partial charge in [0.2, 0.25) is 5.91 Å². The lowest BCUT2D eigenvalue weighted by Crippen LogP contribution is -2.48. The molecule has 1 amide bonds. The van der Waals surface area contributed by atoms with Gasteiger partial charge in [0.1, 0.15) is 0 Å². The summed E-state index contributed by atoms with van der Waals surface area (Å²) in [7, 11) is 1.65. The third-order valence-electron chi connectivity index (χ3n) is 3.20. The number of amides is 1. The molecule has 1 aliphatic rings. The van der Waals surface area contributed by atoms with Crippen LogP contribution in [0.2, 0.25) is 0 Å². The van der Waals surface area contributed by atoms with Crippen molar-refractivity contribution in [3.63, 3.8) is 0 Å². The maximum Gasteiger partial charge on any atom is 0.233 e. The minimum atomic E-state index is -0.532. The summed E-state index contributed by atoms with van der Waals surface area (Å²) in [4.78, 5) is 13.9. The SMILES string of the molecule is CCC(C(=O)N1CCCC(OC)C1)C(N)=NO. The third-order valence-corrected chi connectivity index (χ3v) is 3.20. The average Bonchev–Trinajstić information content (AvgIpc) is 2.39. The number of nitrogens with zero attached hydrogens (tertiary/aromatic N) is 2. The number of hydrogen-bond donors (Lipinski definition) is 2. The molecular weight excluding hydrogens is 222 g/mol. The number of rotatable bonds is 4. The summed E-state index contributed by atoms with van der Waals surface area (Å²) in [5, 5.41) is 11.6. The van der Waals surface area contributed by atoms with Crippen molar-refractivity contribution < 1.29 is 14.7 Å². The quantitative estimate of drug-likeness (QED) is 0.324. The maximum absolute atomic E-state index is 12.2. The van der Waals surface area contributed by atoms with Crippen LogP contribution < -0.4 is 5.73 Å². The molecule has 0 aromatic carbocycles. The summed E-state index contributed by atoms with van der Waals surface area (Å²) >= 11 is 0. The van der Waals surface area contributed by atoms with Gasteiger partial charge in [-0.1, -0.05) is 12.1 Å². The molecule has 2 atom stereocenters. The summed E-state index contributed by atoms with van der Waals surface area (Å²) < 4.78 is 5.27. The first-order valence-corrected chi connectivity index (χ1v) is 5.93. The Balaban J connectivity index is 2.67. The number of amidine groups is 1. The van der Waals surface area contributed by atoms with Crippen LogP contribution >= 0.6 is 0 Å². The van der Waals surface area contributed by atoms with Crippen LogP contribution in [0, 0.1) is 5.92 Å². The van der Waals surface area contributed by atoms with Crippen molar-refractivity contribution in [1.82, 2.24) is 4.90 Å². The number of oxime groups is 1. The van der Waals surface area contributed by atoms with Gasteiger partial charge in [0, 0.05) is 20.2 Å². The van der Waals surface area contributed by atoms with Gasteiger partial charge >= 0.3 is 0 Å². The molecule has 1 fully saturated rings. The first-order valence-electron chi connectivity index (χ1n) is 5.93. The predicted molar refractivity (Wildman–Crippen MR) is 63.8 cm³/mol. The first-order chi connectivity index (χ1) is 8.13. The Bertz CT molecular complexity index is 294. The number of ether oxygens (including phenoxy) is 1. The van der Waals surface area contributed by atoms with Crippen LogP contribution in [-0.2, 0) is 9.53 Å². The van der Waals surface area contributed by atoms with Crippen molar-refractivity contribution >= 4 is 11.7 Å². The van der Waals surface area contributed by atoms with Crippen molar-refractivity contribution in [2.75, 3.05) is 20.2 Å². The highest BCUT2D eigenvalue weighted by Gasteiger charge is 2.30. The average molecular weight is 243 g/mol. The molecule has 6 heteroatoms. The number of likely N-dealkylation sites (tertiary alicyclic amines) is 1. The number of carbonyl (C=O) groups excluding carboxylic acids is 1. The molecule has 0 saturated carbocycles. The van der Waals surface area contributed by atoms with Crippen LogP contribution in [0.15, 0.2) is 5.16 Å². The number of piperidine rings is 1. The fraction of sp³-hybridized carbons (Fsp3) is 0.818.